The van der Waals surface area contributed by atoms with Crippen molar-refractivity contribution in [1.82, 2.24) is 5.32 Å². The third-order valence-electron chi connectivity index (χ3n) is 4.64. The van der Waals surface area contributed by atoms with Crippen molar-refractivity contribution in [3.63, 3.8) is 0 Å². The van der Waals surface area contributed by atoms with Gasteiger partial charge in [0.05, 0.1) is 0 Å². The minimum Gasteiger partial charge on any atom is -0.314 e. The van der Waals surface area contributed by atoms with Gasteiger partial charge in [0.15, 0.2) is 0 Å². The molecule has 0 aliphatic heterocycles. The third-order valence-corrected chi connectivity index (χ3v) is 4.64. The minimum atomic E-state index is 0.865. The van der Waals surface area contributed by atoms with Gasteiger partial charge in [-0.2, -0.15) is 0 Å². The maximum Gasteiger partial charge on any atom is 0.00682 e. The Morgan fingerprint density at radius 1 is 0.947 bits per heavy atom. The van der Waals surface area contributed by atoms with Crippen LogP contribution in [0.25, 0.3) is 0 Å². The summed E-state index contributed by atoms with van der Waals surface area (Å²) in [5.41, 5.74) is 7.54. The summed E-state index contributed by atoms with van der Waals surface area (Å²) in [7, 11) is 0. The molecule has 0 bridgehead atoms. The summed E-state index contributed by atoms with van der Waals surface area (Å²) in [6, 6.07) is 3.19. The van der Waals surface area contributed by atoms with Crippen LogP contribution in [0.4, 0.5) is 0 Å². The maximum atomic E-state index is 3.60. The van der Waals surface area contributed by atoms with Crippen molar-refractivity contribution in [2.45, 2.75) is 72.3 Å². The molecule has 0 spiro atoms. The second-order valence-electron chi connectivity index (χ2n) is 6.28. The van der Waals surface area contributed by atoms with Crippen LogP contribution in [-0.4, -0.2) is 12.6 Å². The summed E-state index contributed by atoms with van der Waals surface area (Å²) in [5, 5.41) is 3.60. The zero-order valence-electron chi connectivity index (χ0n) is 13.1. The topological polar surface area (TPSA) is 12.0 Å². The van der Waals surface area contributed by atoms with Gasteiger partial charge in [0.25, 0.3) is 0 Å². The zero-order valence-corrected chi connectivity index (χ0v) is 13.1. The molecule has 19 heavy (non-hydrogen) atoms. The average Bonchev–Trinajstić information content (AvgIpc) is 3.19. The van der Waals surface area contributed by atoms with Crippen molar-refractivity contribution < 1.29 is 0 Å². The van der Waals surface area contributed by atoms with Gasteiger partial charge in [-0.1, -0.05) is 12.5 Å². The quantitative estimate of drug-likeness (QED) is 0.716. The standard InChI is InChI=1S/C18H29N/c1-13-12-14(2)16(4)18(15(13)3)8-6-5-7-11-19-17-9-10-17/h12,17,19H,5-11H2,1-4H3. The lowest BCUT2D eigenvalue weighted by Gasteiger charge is -2.15. The van der Waals surface area contributed by atoms with Gasteiger partial charge in [-0.25, -0.2) is 0 Å². The molecule has 1 aliphatic carbocycles. The lowest BCUT2D eigenvalue weighted by atomic mass is 9.91. The van der Waals surface area contributed by atoms with Gasteiger partial charge in [-0.15, -0.1) is 0 Å². The Kier molecular flexibility index (Phi) is 5.04. The average molecular weight is 259 g/mol. The molecule has 1 saturated carbocycles. The van der Waals surface area contributed by atoms with Crippen LogP contribution in [0, 0.1) is 27.7 Å². The molecule has 0 radical (unpaired) electrons. The Morgan fingerprint density at radius 3 is 2.16 bits per heavy atom. The molecular formula is C18H29N. The van der Waals surface area contributed by atoms with Crippen molar-refractivity contribution in [2.75, 3.05) is 6.54 Å². The number of aryl methyl sites for hydroxylation is 2. The number of nitrogens with one attached hydrogen (secondary N) is 1. The van der Waals surface area contributed by atoms with Crippen LogP contribution in [0.2, 0.25) is 0 Å². The van der Waals surface area contributed by atoms with Crippen LogP contribution in [-0.2, 0) is 6.42 Å². The lowest BCUT2D eigenvalue weighted by molar-refractivity contribution is 0.599. The van der Waals surface area contributed by atoms with E-state index in [4.69, 9.17) is 0 Å². The van der Waals surface area contributed by atoms with E-state index in [1.54, 1.807) is 5.56 Å². The van der Waals surface area contributed by atoms with Crippen LogP contribution >= 0.6 is 0 Å². The van der Waals surface area contributed by atoms with E-state index in [1.807, 2.05) is 0 Å². The summed E-state index contributed by atoms with van der Waals surface area (Å²) in [4.78, 5) is 0. The van der Waals surface area contributed by atoms with E-state index in [1.165, 1.54) is 67.3 Å². The van der Waals surface area contributed by atoms with E-state index < -0.39 is 0 Å². The molecule has 0 atom stereocenters. The zero-order chi connectivity index (χ0) is 13.8. The number of hydrogen-bond donors (Lipinski definition) is 1. The molecule has 0 amide bonds. The predicted molar refractivity (Wildman–Crippen MR) is 84.0 cm³/mol. The van der Waals surface area contributed by atoms with Gasteiger partial charge in [0, 0.05) is 6.04 Å². The van der Waals surface area contributed by atoms with E-state index >= 15 is 0 Å². The number of hydrogen-bond acceptors (Lipinski definition) is 1. The fraction of sp³-hybridized carbons (Fsp3) is 0.667. The molecule has 1 aromatic carbocycles. The molecule has 106 valence electrons. The summed E-state index contributed by atoms with van der Waals surface area (Å²) in [6.07, 6.45) is 8.08. The molecule has 1 nitrogen and oxygen atoms in total. The molecular weight excluding hydrogens is 230 g/mol. The maximum absolute atomic E-state index is 3.60. The van der Waals surface area contributed by atoms with Gasteiger partial charge in [-0.3, -0.25) is 0 Å². The lowest BCUT2D eigenvalue weighted by Crippen LogP contribution is -2.17. The first-order chi connectivity index (χ1) is 9.09. The van der Waals surface area contributed by atoms with Gasteiger partial charge in [0.1, 0.15) is 0 Å². The molecule has 0 heterocycles. The highest BCUT2D eigenvalue weighted by Gasteiger charge is 2.19. The first kappa shape index (κ1) is 14.6. The Labute approximate surface area is 118 Å². The van der Waals surface area contributed by atoms with Crippen LogP contribution in [0.3, 0.4) is 0 Å². The predicted octanol–water partition coefficient (Wildman–Crippen LogP) is 4.39. The van der Waals surface area contributed by atoms with Crippen LogP contribution < -0.4 is 5.32 Å². The van der Waals surface area contributed by atoms with Crippen LogP contribution in [0.1, 0.15) is 59.9 Å². The van der Waals surface area contributed by atoms with Crippen LogP contribution in [0.15, 0.2) is 6.07 Å². The smallest absolute Gasteiger partial charge is 0.00682 e. The van der Waals surface area contributed by atoms with Crippen molar-refractivity contribution in [1.29, 1.82) is 0 Å². The summed E-state index contributed by atoms with van der Waals surface area (Å²) in [6.45, 7) is 10.3. The van der Waals surface area contributed by atoms with E-state index in [2.05, 4.69) is 39.1 Å². The Hall–Kier alpha value is -0.820. The second kappa shape index (κ2) is 6.56. The largest absolute Gasteiger partial charge is 0.314 e. The fourth-order valence-corrected chi connectivity index (χ4v) is 2.87. The van der Waals surface area contributed by atoms with E-state index in [-0.39, 0.29) is 0 Å². The molecule has 1 N–H and O–H groups in total. The number of benzene rings is 1. The highest BCUT2D eigenvalue weighted by atomic mass is 14.9. The first-order valence-corrected chi connectivity index (χ1v) is 7.89. The van der Waals surface area contributed by atoms with E-state index in [9.17, 15) is 0 Å². The molecule has 1 fully saturated rings. The SMILES string of the molecule is Cc1cc(C)c(C)c(CCCCCNC2CC2)c1C. The highest BCUT2D eigenvalue weighted by Crippen LogP contribution is 2.23. The highest BCUT2D eigenvalue weighted by molar-refractivity contribution is 5.43. The Bertz CT molecular complexity index is 404. The summed E-state index contributed by atoms with van der Waals surface area (Å²) >= 11 is 0. The number of unbranched alkanes of at least 4 members (excludes halogenated alkanes) is 2. The Morgan fingerprint density at radius 2 is 1.58 bits per heavy atom. The van der Waals surface area contributed by atoms with E-state index in [0.717, 1.165) is 6.04 Å². The normalized spacial score (nSPS) is 14.9. The molecule has 2 rings (SSSR count). The molecule has 1 aromatic rings. The summed E-state index contributed by atoms with van der Waals surface area (Å²) in [5.74, 6) is 0. The van der Waals surface area contributed by atoms with Crippen molar-refractivity contribution in [2.24, 2.45) is 0 Å². The van der Waals surface area contributed by atoms with Gasteiger partial charge < -0.3 is 5.32 Å². The second-order valence-corrected chi connectivity index (χ2v) is 6.28. The molecule has 1 aliphatic rings. The van der Waals surface area contributed by atoms with Crippen LogP contribution in [0.5, 0.6) is 0 Å². The monoisotopic (exact) mass is 259 g/mol. The molecule has 1 heteroatoms. The van der Waals surface area contributed by atoms with Gasteiger partial charge >= 0.3 is 0 Å². The molecule has 0 unspecified atom stereocenters. The van der Waals surface area contributed by atoms with Crippen molar-refractivity contribution in [3.8, 4) is 0 Å². The third kappa shape index (κ3) is 4.07. The van der Waals surface area contributed by atoms with Gasteiger partial charge in [-0.05, 0) is 94.2 Å². The van der Waals surface area contributed by atoms with Crippen molar-refractivity contribution >= 4 is 0 Å². The number of rotatable bonds is 7. The molecule has 0 saturated heterocycles. The van der Waals surface area contributed by atoms with E-state index in [0.29, 0.717) is 0 Å². The molecule has 0 aromatic heterocycles. The fourth-order valence-electron chi connectivity index (χ4n) is 2.87. The first-order valence-electron chi connectivity index (χ1n) is 7.89. The van der Waals surface area contributed by atoms with Gasteiger partial charge in [0.2, 0.25) is 0 Å². The van der Waals surface area contributed by atoms with Crippen molar-refractivity contribution in [3.05, 3.63) is 33.9 Å². The Balaban J connectivity index is 1.78. The minimum absolute atomic E-state index is 0.865. The summed E-state index contributed by atoms with van der Waals surface area (Å²) < 4.78 is 0.